The van der Waals surface area contributed by atoms with Crippen LogP contribution in [-0.4, -0.2) is 55.1 Å². The lowest BCUT2D eigenvalue weighted by Crippen LogP contribution is -2.44. The standard InChI is InChI=1S/C14H20N2O5/c1-10(21-2)9-15-14(20)16(7-8-17)12-5-3-11(4-6-12)13(18)19/h3-6,10,17H,7-9H2,1-2H3,(H,15,20)(H,18,19). The van der Waals surface area contributed by atoms with Crippen LogP contribution in [0.25, 0.3) is 0 Å². The Bertz CT molecular complexity index is 475. The molecule has 0 aliphatic carbocycles. The van der Waals surface area contributed by atoms with Gasteiger partial charge >= 0.3 is 12.0 Å². The van der Waals surface area contributed by atoms with Crippen LogP contribution in [0.4, 0.5) is 10.5 Å². The van der Waals surface area contributed by atoms with Crippen LogP contribution < -0.4 is 10.2 Å². The van der Waals surface area contributed by atoms with E-state index < -0.39 is 5.97 Å². The topological polar surface area (TPSA) is 99.1 Å². The normalized spacial score (nSPS) is 11.8. The predicted octanol–water partition coefficient (Wildman–Crippen LogP) is 0.928. The first-order chi connectivity index (χ1) is 9.99. The fraction of sp³-hybridized carbons (Fsp3) is 0.429. The Labute approximate surface area is 123 Å². The highest BCUT2D eigenvalue weighted by Gasteiger charge is 2.16. The number of carbonyl (C=O) groups is 2. The van der Waals surface area contributed by atoms with Crippen molar-refractivity contribution in [2.75, 3.05) is 31.7 Å². The second-order valence-corrected chi connectivity index (χ2v) is 4.46. The van der Waals surface area contributed by atoms with Gasteiger partial charge in [0, 0.05) is 19.3 Å². The summed E-state index contributed by atoms with van der Waals surface area (Å²) in [5.41, 5.74) is 0.646. The summed E-state index contributed by atoms with van der Waals surface area (Å²) in [6.45, 7) is 2.07. The molecule has 0 bridgehead atoms. The molecule has 7 nitrogen and oxygen atoms in total. The number of urea groups is 1. The van der Waals surface area contributed by atoms with Crippen molar-refractivity contribution < 1.29 is 24.5 Å². The Morgan fingerprint density at radius 3 is 2.43 bits per heavy atom. The Morgan fingerprint density at radius 1 is 1.33 bits per heavy atom. The molecule has 2 amide bonds. The minimum Gasteiger partial charge on any atom is -0.478 e. The van der Waals surface area contributed by atoms with E-state index in [1.54, 1.807) is 7.11 Å². The summed E-state index contributed by atoms with van der Waals surface area (Å²) in [5.74, 6) is -1.03. The van der Waals surface area contributed by atoms with Gasteiger partial charge in [-0.15, -0.1) is 0 Å². The van der Waals surface area contributed by atoms with Crippen molar-refractivity contribution in [2.45, 2.75) is 13.0 Å². The SMILES string of the molecule is COC(C)CNC(=O)N(CCO)c1ccc(C(=O)O)cc1. The van der Waals surface area contributed by atoms with Gasteiger partial charge in [0.15, 0.2) is 0 Å². The molecule has 1 aromatic rings. The van der Waals surface area contributed by atoms with E-state index >= 15 is 0 Å². The van der Waals surface area contributed by atoms with Crippen molar-refractivity contribution in [3.8, 4) is 0 Å². The lowest BCUT2D eigenvalue weighted by molar-refractivity contribution is 0.0697. The lowest BCUT2D eigenvalue weighted by atomic mass is 10.2. The zero-order valence-corrected chi connectivity index (χ0v) is 12.1. The van der Waals surface area contributed by atoms with E-state index in [2.05, 4.69) is 5.32 Å². The fourth-order valence-corrected chi connectivity index (χ4v) is 1.64. The summed E-state index contributed by atoms with van der Waals surface area (Å²) in [7, 11) is 1.55. The van der Waals surface area contributed by atoms with Crippen molar-refractivity contribution in [1.82, 2.24) is 5.32 Å². The second-order valence-electron chi connectivity index (χ2n) is 4.46. The van der Waals surface area contributed by atoms with Crippen LogP contribution in [0.2, 0.25) is 0 Å². The van der Waals surface area contributed by atoms with E-state index in [9.17, 15) is 9.59 Å². The molecule has 0 aliphatic heterocycles. The Kier molecular flexibility index (Phi) is 6.64. The molecule has 0 radical (unpaired) electrons. The maximum Gasteiger partial charge on any atom is 0.335 e. The molecule has 0 aliphatic rings. The molecule has 21 heavy (non-hydrogen) atoms. The molecule has 1 atom stereocenters. The zero-order chi connectivity index (χ0) is 15.8. The molecule has 0 aromatic heterocycles. The molecule has 0 saturated carbocycles. The molecule has 116 valence electrons. The minimum atomic E-state index is -1.03. The number of amides is 2. The number of carboxylic acids is 1. The van der Waals surface area contributed by atoms with Gasteiger partial charge in [-0.3, -0.25) is 4.90 Å². The summed E-state index contributed by atoms with van der Waals surface area (Å²) >= 11 is 0. The maximum absolute atomic E-state index is 12.1. The largest absolute Gasteiger partial charge is 0.478 e. The summed E-state index contributed by atoms with van der Waals surface area (Å²) in [5, 5.41) is 20.6. The van der Waals surface area contributed by atoms with E-state index in [0.29, 0.717) is 12.2 Å². The number of carbonyl (C=O) groups excluding carboxylic acids is 1. The Hall–Kier alpha value is -2.12. The van der Waals surface area contributed by atoms with E-state index in [4.69, 9.17) is 14.9 Å². The number of hydrogen-bond acceptors (Lipinski definition) is 4. The number of benzene rings is 1. The highest BCUT2D eigenvalue weighted by molar-refractivity contribution is 5.93. The number of nitrogens with zero attached hydrogens (tertiary/aromatic N) is 1. The molecule has 1 rings (SSSR count). The molecule has 0 spiro atoms. The van der Waals surface area contributed by atoms with E-state index in [1.165, 1.54) is 29.2 Å². The number of hydrogen-bond donors (Lipinski definition) is 3. The number of rotatable bonds is 7. The van der Waals surface area contributed by atoms with Crippen molar-refractivity contribution >= 4 is 17.7 Å². The van der Waals surface area contributed by atoms with E-state index in [-0.39, 0.29) is 30.9 Å². The Morgan fingerprint density at radius 2 is 1.95 bits per heavy atom. The van der Waals surface area contributed by atoms with Gasteiger partial charge in [0.25, 0.3) is 0 Å². The first kappa shape index (κ1) is 16.9. The first-order valence-electron chi connectivity index (χ1n) is 6.52. The van der Waals surface area contributed by atoms with E-state index in [1.807, 2.05) is 6.92 Å². The van der Waals surface area contributed by atoms with Crippen LogP contribution >= 0.6 is 0 Å². The molecular weight excluding hydrogens is 276 g/mol. The maximum atomic E-state index is 12.1. The summed E-state index contributed by atoms with van der Waals surface area (Å²) in [6.07, 6.45) is -0.126. The average Bonchev–Trinajstić information content (AvgIpc) is 2.50. The van der Waals surface area contributed by atoms with Gasteiger partial charge in [0.1, 0.15) is 0 Å². The molecule has 0 saturated heterocycles. The smallest absolute Gasteiger partial charge is 0.335 e. The van der Waals surface area contributed by atoms with Gasteiger partial charge in [-0.25, -0.2) is 9.59 Å². The van der Waals surface area contributed by atoms with Gasteiger partial charge < -0.3 is 20.3 Å². The molecule has 1 unspecified atom stereocenters. The number of aliphatic hydroxyl groups excluding tert-OH is 1. The van der Waals surface area contributed by atoms with Crippen molar-refractivity contribution in [3.05, 3.63) is 29.8 Å². The van der Waals surface area contributed by atoms with Crippen LogP contribution in [0.5, 0.6) is 0 Å². The van der Waals surface area contributed by atoms with Crippen molar-refractivity contribution in [3.63, 3.8) is 0 Å². The number of ether oxygens (including phenoxy) is 1. The quantitative estimate of drug-likeness (QED) is 0.695. The second kappa shape index (κ2) is 8.23. The third-order valence-electron chi connectivity index (χ3n) is 2.94. The molecule has 1 aromatic carbocycles. The molecular formula is C14H20N2O5. The highest BCUT2D eigenvalue weighted by atomic mass is 16.5. The zero-order valence-electron chi connectivity index (χ0n) is 12.1. The van der Waals surface area contributed by atoms with Gasteiger partial charge in [-0.05, 0) is 31.2 Å². The number of anilines is 1. The van der Waals surface area contributed by atoms with Crippen LogP contribution in [0, 0.1) is 0 Å². The summed E-state index contributed by atoms with van der Waals surface area (Å²) < 4.78 is 5.04. The van der Waals surface area contributed by atoms with E-state index in [0.717, 1.165) is 0 Å². The van der Waals surface area contributed by atoms with Crippen LogP contribution in [0.3, 0.4) is 0 Å². The molecule has 7 heteroatoms. The van der Waals surface area contributed by atoms with Gasteiger partial charge in [-0.1, -0.05) is 0 Å². The fourth-order valence-electron chi connectivity index (χ4n) is 1.64. The number of methoxy groups -OCH3 is 1. The highest BCUT2D eigenvalue weighted by Crippen LogP contribution is 2.15. The molecule has 0 heterocycles. The van der Waals surface area contributed by atoms with Gasteiger partial charge in [0.05, 0.1) is 24.8 Å². The third kappa shape index (κ3) is 5.05. The van der Waals surface area contributed by atoms with Crippen LogP contribution in [0.1, 0.15) is 17.3 Å². The monoisotopic (exact) mass is 296 g/mol. The number of aromatic carboxylic acids is 1. The third-order valence-corrected chi connectivity index (χ3v) is 2.94. The molecule has 3 N–H and O–H groups in total. The first-order valence-corrected chi connectivity index (χ1v) is 6.52. The van der Waals surface area contributed by atoms with Crippen molar-refractivity contribution in [1.29, 1.82) is 0 Å². The Balaban J connectivity index is 2.80. The average molecular weight is 296 g/mol. The predicted molar refractivity (Wildman–Crippen MR) is 77.7 cm³/mol. The summed E-state index contributed by atoms with van der Waals surface area (Å²) in [6, 6.07) is 5.49. The van der Waals surface area contributed by atoms with Gasteiger partial charge in [0.2, 0.25) is 0 Å². The minimum absolute atomic E-state index is 0.111. The molecule has 0 fully saturated rings. The van der Waals surface area contributed by atoms with Crippen LogP contribution in [-0.2, 0) is 4.74 Å². The lowest BCUT2D eigenvalue weighted by Gasteiger charge is -2.23. The van der Waals surface area contributed by atoms with Crippen molar-refractivity contribution in [2.24, 2.45) is 0 Å². The van der Waals surface area contributed by atoms with Crippen LogP contribution in [0.15, 0.2) is 24.3 Å². The van der Waals surface area contributed by atoms with Gasteiger partial charge in [-0.2, -0.15) is 0 Å². The number of nitrogens with one attached hydrogen (secondary N) is 1. The number of aliphatic hydroxyl groups is 1. The summed E-state index contributed by atoms with van der Waals surface area (Å²) in [4.78, 5) is 24.3. The number of carboxylic acid groups (broad SMARTS) is 1.